The smallest absolute Gasteiger partial charge is 0.319 e. The fourth-order valence-corrected chi connectivity index (χ4v) is 2.47. The molecule has 1 unspecified atom stereocenters. The monoisotopic (exact) mass is 377 g/mol. The second-order valence-corrected chi connectivity index (χ2v) is 6.61. The second kappa shape index (κ2) is 8.67. The van der Waals surface area contributed by atoms with E-state index >= 15 is 0 Å². The fourth-order valence-electron chi connectivity index (χ4n) is 2.28. The van der Waals surface area contributed by atoms with Gasteiger partial charge in [0.2, 0.25) is 0 Å². The number of hydrogen-bond acceptors (Lipinski definition) is 2. The number of benzene rings is 2. The van der Waals surface area contributed by atoms with Crippen LogP contribution in [0.25, 0.3) is 0 Å². The number of rotatable bonds is 5. The summed E-state index contributed by atoms with van der Waals surface area (Å²) in [5.41, 5.74) is 1.73. The van der Waals surface area contributed by atoms with Crippen LogP contribution in [0.5, 0.6) is 0 Å². The van der Waals surface area contributed by atoms with Gasteiger partial charge in [0.25, 0.3) is 5.91 Å². The van der Waals surface area contributed by atoms with Gasteiger partial charge in [-0.15, -0.1) is 0 Å². The van der Waals surface area contributed by atoms with Crippen LogP contribution in [-0.2, 0) is 0 Å². The molecule has 2 rings (SSSR count). The van der Waals surface area contributed by atoms with E-state index in [-0.39, 0.29) is 29.0 Å². The third-order valence-corrected chi connectivity index (χ3v) is 3.91. The van der Waals surface area contributed by atoms with Gasteiger partial charge in [-0.2, -0.15) is 0 Å². The maximum absolute atomic E-state index is 13.2. The van der Waals surface area contributed by atoms with Crippen LogP contribution in [0, 0.1) is 5.82 Å². The summed E-state index contributed by atoms with van der Waals surface area (Å²) in [6, 6.07) is 10.2. The van der Waals surface area contributed by atoms with Crippen molar-refractivity contribution in [3.8, 4) is 0 Å². The molecule has 0 bridgehead atoms. The topological polar surface area (TPSA) is 70.2 Å². The van der Waals surface area contributed by atoms with E-state index < -0.39 is 5.82 Å². The third-order valence-electron chi connectivity index (χ3n) is 3.62. The molecule has 0 aromatic heterocycles. The van der Waals surface area contributed by atoms with Gasteiger partial charge in [0.05, 0.1) is 11.1 Å². The molecule has 2 aromatic rings. The predicted molar refractivity (Wildman–Crippen MR) is 101 cm³/mol. The first-order valence-electron chi connectivity index (χ1n) is 8.19. The largest absolute Gasteiger partial charge is 0.346 e. The number of carbonyl (C=O) groups excluding carboxylic acids is 2. The lowest BCUT2D eigenvalue weighted by molar-refractivity contribution is 0.0940. The van der Waals surface area contributed by atoms with Gasteiger partial charge in [-0.1, -0.05) is 17.7 Å². The van der Waals surface area contributed by atoms with Crippen LogP contribution >= 0.6 is 11.6 Å². The minimum atomic E-state index is -0.501. The summed E-state index contributed by atoms with van der Waals surface area (Å²) in [7, 11) is 0. The Morgan fingerprint density at radius 3 is 2.23 bits per heavy atom. The Morgan fingerprint density at radius 1 is 1.00 bits per heavy atom. The Hall–Kier alpha value is -2.60. The van der Waals surface area contributed by atoms with Gasteiger partial charge in [-0.25, -0.2) is 9.18 Å². The average Bonchev–Trinajstić information content (AvgIpc) is 2.57. The van der Waals surface area contributed by atoms with Crippen LogP contribution < -0.4 is 16.0 Å². The third kappa shape index (κ3) is 5.46. The van der Waals surface area contributed by atoms with Crippen molar-refractivity contribution in [3.63, 3.8) is 0 Å². The van der Waals surface area contributed by atoms with E-state index in [0.29, 0.717) is 16.8 Å². The lowest BCUT2D eigenvalue weighted by Gasteiger charge is -2.15. The summed E-state index contributed by atoms with van der Waals surface area (Å²) >= 11 is 5.77. The normalized spacial score (nSPS) is 11.8. The van der Waals surface area contributed by atoms with E-state index in [1.54, 1.807) is 37.3 Å². The van der Waals surface area contributed by atoms with Crippen molar-refractivity contribution in [2.45, 2.75) is 32.9 Å². The summed E-state index contributed by atoms with van der Waals surface area (Å²) in [5.74, 6) is -0.783. The van der Waals surface area contributed by atoms with Gasteiger partial charge in [-0.05, 0) is 62.7 Å². The molecule has 3 amide bonds. The van der Waals surface area contributed by atoms with E-state index in [0.717, 1.165) is 0 Å². The Kier molecular flexibility index (Phi) is 6.58. The van der Waals surface area contributed by atoms with E-state index in [1.807, 2.05) is 13.8 Å². The van der Waals surface area contributed by atoms with Crippen molar-refractivity contribution in [2.24, 2.45) is 0 Å². The predicted octanol–water partition coefficient (Wildman–Crippen LogP) is 4.50. The zero-order valence-corrected chi connectivity index (χ0v) is 15.5. The van der Waals surface area contributed by atoms with Crippen LogP contribution in [0.15, 0.2) is 42.5 Å². The van der Waals surface area contributed by atoms with E-state index in [9.17, 15) is 14.0 Å². The van der Waals surface area contributed by atoms with Crippen molar-refractivity contribution in [1.82, 2.24) is 10.6 Å². The van der Waals surface area contributed by atoms with Gasteiger partial charge in [0, 0.05) is 17.3 Å². The highest BCUT2D eigenvalue weighted by Gasteiger charge is 2.13. The average molecular weight is 378 g/mol. The van der Waals surface area contributed by atoms with E-state index in [2.05, 4.69) is 16.0 Å². The molecule has 1 atom stereocenters. The molecule has 5 nitrogen and oxygen atoms in total. The number of amides is 3. The molecule has 0 fully saturated rings. The molecule has 0 radical (unpaired) electrons. The van der Waals surface area contributed by atoms with Crippen molar-refractivity contribution in [3.05, 3.63) is 64.4 Å². The summed E-state index contributed by atoms with van der Waals surface area (Å²) in [4.78, 5) is 24.0. The van der Waals surface area contributed by atoms with E-state index in [4.69, 9.17) is 11.6 Å². The molecule has 0 aliphatic heterocycles. The molecular formula is C19H21ClFN3O2. The molecule has 26 heavy (non-hydrogen) atoms. The van der Waals surface area contributed by atoms with Gasteiger partial charge in [0.15, 0.2) is 0 Å². The van der Waals surface area contributed by atoms with Gasteiger partial charge in [0.1, 0.15) is 5.82 Å². The van der Waals surface area contributed by atoms with Crippen molar-refractivity contribution >= 4 is 29.2 Å². The molecule has 138 valence electrons. The molecule has 0 heterocycles. The number of nitrogens with one attached hydrogen (secondary N) is 3. The van der Waals surface area contributed by atoms with E-state index in [1.165, 1.54) is 12.1 Å². The second-order valence-electron chi connectivity index (χ2n) is 6.20. The summed E-state index contributed by atoms with van der Waals surface area (Å²) in [6.45, 7) is 5.51. The van der Waals surface area contributed by atoms with Gasteiger partial charge < -0.3 is 16.0 Å². The fraction of sp³-hybridized carbons (Fsp3) is 0.263. The molecular weight excluding hydrogens is 357 g/mol. The van der Waals surface area contributed by atoms with Crippen LogP contribution in [0.1, 0.15) is 42.7 Å². The SMILES string of the molecule is CC(C)NC(=O)Nc1ccc(C(=O)NC(C)c2ccc(F)c(Cl)c2)cc1. The lowest BCUT2D eigenvalue weighted by atomic mass is 10.1. The van der Waals surface area contributed by atoms with Crippen molar-refractivity contribution in [1.29, 1.82) is 0 Å². The number of hydrogen-bond donors (Lipinski definition) is 3. The van der Waals surface area contributed by atoms with Crippen LogP contribution in [0.4, 0.5) is 14.9 Å². The Bertz CT molecular complexity index is 794. The number of halogens is 2. The molecule has 2 aromatic carbocycles. The number of carbonyl (C=O) groups is 2. The Morgan fingerprint density at radius 2 is 1.65 bits per heavy atom. The first kappa shape index (κ1) is 19.7. The molecule has 0 aliphatic carbocycles. The first-order valence-corrected chi connectivity index (χ1v) is 8.57. The van der Waals surface area contributed by atoms with Crippen molar-refractivity contribution in [2.75, 3.05) is 5.32 Å². The van der Waals surface area contributed by atoms with Crippen LogP contribution in [0.2, 0.25) is 5.02 Å². The molecule has 3 N–H and O–H groups in total. The summed E-state index contributed by atoms with van der Waals surface area (Å²) in [6.07, 6.45) is 0. The van der Waals surface area contributed by atoms with Gasteiger partial charge in [-0.3, -0.25) is 4.79 Å². The minimum Gasteiger partial charge on any atom is -0.346 e. The summed E-state index contributed by atoms with van der Waals surface area (Å²) in [5, 5.41) is 8.24. The highest BCUT2D eigenvalue weighted by atomic mass is 35.5. The standard InChI is InChI=1S/C19H21ClFN3O2/c1-11(2)22-19(26)24-15-7-4-13(5-8-15)18(25)23-12(3)14-6-9-17(21)16(20)10-14/h4-12H,1-3H3,(H,23,25)(H2,22,24,26). The molecule has 0 spiro atoms. The van der Waals surface area contributed by atoms with Gasteiger partial charge >= 0.3 is 6.03 Å². The van der Waals surface area contributed by atoms with Crippen molar-refractivity contribution < 1.29 is 14.0 Å². The minimum absolute atomic E-state index is 0.0127. The molecule has 0 aliphatic rings. The summed E-state index contributed by atoms with van der Waals surface area (Å²) < 4.78 is 13.2. The lowest BCUT2D eigenvalue weighted by Crippen LogP contribution is -2.34. The van der Waals surface area contributed by atoms with Crippen LogP contribution in [0.3, 0.4) is 0 Å². The zero-order chi connectivity index (χ0) is 19.3. The Balaban J connectivity index is 1.98. The number of urea groups is 1. The quantitative estimate of drug-likeness (QED) is 0.718. The highest BCUT2D eigenvalue weighted by molar-refractivity contribution is 6.30. The molecule has 0 saturated heterocycles. The zero-order valence-electron chi connectivity index (χ0n) is 14.8. The highest BCUT2D eigenvalue weighted by Crippen LogP contribution is 2.21. The maximum atomic E-state index is 13.2. The Labute approximate surface area is 156 Å². The number of anilines is 1. The molecule has 7 heteroatoms. The molecule has 0 saturated carbocycles. The maximum Gasteiger partial charge on any atom is 0.319 e. The first-order chi connectivity index (χ1) is 12.3. The van der Waals surface area contributed by atoms with Crippen LogP contribution in [-0.4, -0.2) is 18.0 Å².